The maximum atomic E-state index is 13.0. The Morgan fingerprint density at radius 1 is 0.968 bits per heavy atom. The highest BCUT2D eigenvalue weighted by atomic mass is 35.5. The molecule has 166 valence electrons. The Morgan fingerprint density at radius 3 is 2.23 bits per heavy atom. The van der Waals surface area contributed by atoms with E-state index >= 15 is 0 Å². The van der Waals surface area contributed by atoms with Crippen LogP contribution in [0.15, 0.2) is 30.3 Å². The van der Waals surface area contributed by atoms with Gasteiger partial charge in [-0.15, -0.1) is 0 Å². The summed E-state index contributed by atoms with van der Waals surface area (Å²) in [6, 6.07) is 8.18. The maximum Gasteiger partial charge on any atom is 0.255 e. The smallest absolute Gasteiger partial charge is 0.255 e. The molecule has 1 aliphatic rings. The molecule has 0 atom stereocenters. The predicted molar refractivity (Wildman–Crippen MR) is 122 cm³/mol. The van der Waals surface area contributed by atoms with Gasteiger partial charge in [0.15, 0.2) is 11.5 Å². The zero-order valence-electron chi connectivity index (χ0n) is 17.3. The number of carbonyl (C=O) groups is 2. The van der Waals surface area contributed by atoms with E-state index in [-0.39, 0.29) is 16.8 Å². The van der Waals surface area contributed by atoms with E-state index in [2.05, 4.69) is 0 Å². The number of halogens is 3. The van der Waals surface area contributed by atoms with Crippen LogP contribution >= 0.6 is 34.8 Å². The van der Waals surface area contributed by atoms with Crippen LogP contribution in [0.1, 0.15) is 34.1 Å². The molecule has 2 amide bonds. The average molecular weight is 486 g/mol. The molecule has 2 aromatic rings. The lowest BCUT2D eigenvalue weighted by Gasteiger charge is -2.35. The number of hydrogen-bond donors (Lipinski definition) is 0. The minimum absolute atomic E-state index is 0.185. The zero-order valence-corrected chi connectivity index (χ0v) is 19.6. The van der Waals surface area contributed by atoms with E-state index in [1.54, 1.807) is 40.1 Å². The molecule has 9 heteroatoms. The maximum absolute atomic E-state index is 13.0. The molecule has 0 bridgehead atoms. The molecule has 1 fully saturated rings. The molecule has 0 spiro atoms. The molecule has 1 saturated heterocycles. The van der Waals surface area contributed by atoms with E-state index in [9.17, 15) is 9.59 Å². The summed E-state index contributed by atoms with van der Waals surface area (Å²) in [6.45, 7) is 4.03. The Balaban J connectivity index is 1.69. The third-order valence-corrected chi connectivity index (χ3v) is 6.06. The van der Waals surface area contributed by atoms with Gasteiger partial charge in [-0.05, 0) is 30.7 Å². The van der Waals surface area contributed by atoms with Crippen molar-refractivity contribution in [2.75, 3.05) is 39.9 Å². The fourth-order valence-electron chi connectivity index (χ4n) is 3.32. The van der Waals surface area contributed by atoms with Crippen molar-refractivity contribution >= 4 is 46.6 Å². The van der Waals surface area contributed by atoms with Gasteiger partial charge < -0.3 is 19.3 Å². The number of nitrogens with zero attached hydrogens (tertiary/aromatic N) is 2. The van der Waals surface area contributed by atoms with Gasteiger partial charge in [0, 0.05) is 31.7 Å². The quantitative estimate of drug-likeness (QED) is 0.575. The summed E-state index contributed by atoms with van der Waals surface area (Å²) < 4.78 is 11.0. The molecule has 3 rings (SSSR count). The van der Waals surface area contributed by atoms with Crippen LogP contribution in [0.3, 0.4) is 0 Å². The van der Waals surface area contributed by atoms with E-state index in [1.165, 1.54) is 7.11 Å². The highest BCUT2D eigenvalue weighted by Crippen LogP contribution is 2.37. The summed E-state index contributed by atoms with van der Waals surface area (Å²) in [7, 11) is 1.50. The minimum Gasteiger partial charge on any atom is -0.493 e. The van der Waals surface area contributed by atoms with E-state index in [1.807, 2.05) is 6.92 Å². The van der Waals surface area contributed by atoms with Gasteiger partial charge in [0.05, 0.1) is 34.3 Å². The van der Waals surface area contributed by atoms with Gasteiger partial charge in [0.25, 0.3) is 11.8 Å². The number of methoxy groups -OCH3 is 1. The second kappa shape index (κ2) is 10.4. The van der Waals surface area contributed by atoms with Crippen LogP contribution in [0, 0.1) is 0 Å². The first-order valence-corrected chi connectivity index (χ1v) is 11.0. The number of piperazine rings is 1. The van der Waals surface area contributed by atoms with Gasteiger partial charge in [-0.1, -0.05) is 47.8 Å². The van der Waals surface area contributed by atoms with Gasteiger partial charge in [-0.3, -0.25) is 9.59 Å². The number of hydrogen-bond acceptors (Lipinski definition) is 4. The zero-order chi connectivity index (χ0) is 22.5. The summed E-state index contributed by atoms with van der Waals surface area (Å²) >= 11 is 18.5. The molecule has 31 heavy (non-hydrogen) atoms. The minimum atomic E-state index is -0.207. The van der Waals surface area contributed by atoms with Crippen molar-refractivity contribution in [3.05, 3.63) is 56.5 Å². The molecule has 0 N–H and O–H groups in total. The molecule has 2 aromatic carbocycles. The van der Waals surface area contributed by atoms with Crippen LogP contribution in [0.5, 0.6) is 11.5 Å². The Morgan fingerprint density at radius 2 is 1.61 bits per heavy atom. The molecule has 0 radical (unpaired) electrons. The van der Waals surface area contributed by atoms with Crippen LogP contribution in [0.25, 0.3) is 0 Å². The van der Waals surface area contributed by atoms with Gasteiger partial charge in [-0.25, -0.2) is 0 Å². The Hall–Kier alpha value is -2.15. The molecular weight excluding hydrogens is 463 g/mol. The fraction of sp³-hybridized carbons (Fsp3) is 0.364. The third kappa shape index (κ3) is 5.20. The van der Waals surface area contributed by atoms with Crippen LogP contribution < -0.4 is 9.47 Å². The highest BCUT2D eigenvalue weighted by Gasteiger charge is 2.28. The number of amides is 2. The molecule has 6 nitrogen and oxygen atoms in total. The molecule has 1 heterocycles. The fourth-order valence-corrected chi connectivity index (χ4v) is 3.97. The summed E-state index contributed by atoms with van der Waals surface area (Å²) in [5.74, 6) is 0.446. The standard InChI is InChI=1S/C22H23Cl3N2O4/c1-3-11-31-20-17(24)12-14(13-18(20)30-2)21(28)26-7-9-27(10-8-26)22(29)15-5-4-6-16(23)19(15)25/h4-6,12-13H,3,7-11H2,1-2H3. The Kier molecular flexibility index (Phi) is 7.92. The first-order valence-electron chi connectivity index (χ1n) is 9.90. The van der Waals surface area contributed by atoms with Gasteiger partial charge in [0.2, 0.25) is 0 Å². The lowest BCUT2D eigenvalue weighted by molar-refractivity contribution is 0.0535. The number of benzene rings is 2. The highest BCUT2D eigenvalue weighted by molar-refractivity contribution is 6.43. The number of carbonyl (C=O) groups excluding carboxylic acids is 2. The van der Waals surface area contributed by atoms with Gasteiger partial charge >= 0.3 is 0 Å². The molecule has 1 aliphatic heterocycles. The van der Waals surface area contributed by atoms with Crippen molar-refractivity contribution in [2.45, 2.75) is 13.3 Å². The first kappa shape index (κ1) is 23.5. The summed E-state index contributed by atoms with van der Waals surface area (Å²) in [4.78, 5) is 29.2. The second-order valence-corrected chi connectivity index (χ2v) is 8.22. The third-order valence-electron chi connectivity index (χ3n) is 4.96. The molecule has 0 unspecified atom stereocenters. The Labute approximate surface area is 196 Å². The summed E-state index contributed by atoms with van der Waals surface area (Å²) in [6.07, 6.45) is 0.823. The number of ether oxygens (including phenoxy) is 2. The van der Waals surface area contributed by atoms with Gasteiger partial charge in [0.1, 0.15) is 0 Å². The summed E-state index contributed by atoms with van der Waals surface area (Å²) in [5.41, 5.74) is 0.761. The van der Waals surface area contributed by atoms with Crippen molar-refractivity contribution in [3.63, 3.8) is 0 Å². The number of rotatable bonds is 6. The largest absolute Gasteiger partial charge is 0.493 e. The van der Waals surface area contributed by atoms with E-state index in [0.717, 1.165) is 6.42 Å². The van der Waals surface area contributed by atoms with Gasteiger partial charge in [-0.2, -0.15) is 0 Å². The predicted octanol–water partition coefficient (Wildman–Crippen LogP) is 5.04. The van der Waals surface area contributed by atoms with Crippen LogP contribution in [-0.4, -0.2) is 61.5 Å². The van der Waals surface area contributed by atoms with Crippen LogP contribution in [0.4, 0.5) is 0 Å². The van der Waals surface area contributed by atoms with Crippen molar-refractivity contribution in [3.8, 4) is 11.5 Å². The van der Waals surface area contributed by atoms with Crippen molar-refractivity contribution in [1.82, 2.24) is 9.80 Å². The Bertz CT molecular complexity index is 975. The normalized spacial score (nSPS) is 13.8. The van der Waals surface area contributed by atoms with Crippen molar-refractivity contribution in [1.29, 1.82) is 0 Å². The first-order chi connectivity index (χ1) is 14.9. The lowest BCUT2D eigenvalue weighted by Crippen LogP contribution is -2.50. The van der Waals surface area contributed by atoms with Crippen molar-refractivity contribution in [2.24, 2.45) is 0 Å². The summed E-state index contributed by atoms with van der Waals surface area (Å²) in [5, 5.41) is 0.888. The average Bonchev–Trinajstić information content (AvgIpc) is 2.78. The van der Waals surface area contributed by atoms with Crippen LogP contribution in [0.2, 0.25) is 15.1 Å². The topological polar surface area (TPSA) is 59.1 Å². The SMILES string of the molecule is CCCOc1c(Cl)cc(C(=O)N2CCN(C(=O)c3cccc(Cl)c3Cl)CC2)cc1OC. The lowest BCUT2D eigenvalue weighted by atomic mass is 10.1. The monoisotopic (exact) mass is 484 g/mol. The van der Waals surface area contributed by atoms with E-state index < -0.39 is 0 Å². The molecule has 0 aliphatic carbocycles. The molecule has 0 aromatic heterocycles. The molecule has 0 saturated carbocycles. The van der Waals surface area contributed by atoms with Crippen LogP contribution in [-0.2, 0) is 0 Å². The second-order valence-electron chi connectivity index (χ2n) is 7.02. The van der Waals surface area contributed by atoms with E-state index in [4.69, 9.17) is 44.3 Å². The van der Waals surface area contributed by atoms with Crippen molar-refractivity contribution < 1.29 is 19.1 Å². The van der Waals surface area contributed by atoms with E-state index in [0.29, 0.717) is 65.5 Å². The molecular formula is C22H23Cl3N2O4.